The molecule has 1 heterocycles. The van der Waals surface area contributed by atoms with E-state index >= 15 is 0 Å². The molecule has 1 fully saturated rings. The zero-order chi connectivity index (χ0) is 27.2. The summed E-state index contributed by atoms with van der Waals surface area (Å²) in [7, 11) is -0.0609. The predicted molar refractivity (Wildman–Crippen MR) is 174 cm³/mol. The molecule has 0 saturated heterocycles. The molecule has 4 heteroatoms. The van der Waals surface area contributed by atoms with Crippen LogP contribution >= 0.6 is 8.67 Å². The van der Waals surface area contributed by atoms with Crippen LogP contribution in [0.1, 0.15) is 68.5 Å². The maximum atomic E-state index is 6.27. The fourth-order valence-corrected chi connectivity index (χ4v) is 8.31. The standard InChI is InChI=1S/C37H36NO2P/c1-2-4-13-27(14-5-3-1)38(33-22-19-25-11-6-8-15-28(25)33)32-18-10-17-31-30(32)21-24-35-37(31)36-29-16-9-7-12-26(29)20-23-34(36)39-41-40-35/h6-12,15-18,20-21,23-24,27,33,41H,1-5,13-14,19,22H2/t33-/m0/s1. The van der Waals surface area contributed by atoms with Crippen molar-refractivity contribution in [3.05, 3.63) is 102 Å². The van der Waals surface area contributed by atoms with E-state index in [1.54, 1.807) is 0 Å². The first-order chi connectivity index (χ1) is 20.4. The molecule has 5 aromatic carbocycles. The van der Waals surface area contributed by atoms with Crippen molar-refractivity contribution >= 4 is 57.8 Å². The van der Waals surface area contributed by atoms with Crippen molar-refractivity contribution in [1.29, 1.82) is 0 Å². The van der Waals surface area contributed by atoms with E-state index in [-0.39, 0.29) is 8.67 Å². The van der Waals surface area contributed by atoms with Gasteiger partial charge in [-0.25, -0.2) is 0 Å². The van der Waals surface area contributed by atoms with Gasteiger partial charge in [-0.15, -0.1) is 0 Å². The first-order valence-corrected chi connectivity index (χ1v) is 16.2. The zero-order valence-electron chi connectivity index (χ0n) is 23.4. The van der Waals surface area contributed by atoms with E-state index in [2.05, 4.69) is 95.9 Å². The average Bonchev–Trinajstić information content (AvgIpc) is 3.31. The second kappa shape index (κ2) is 10.6. The summed E-state index contributed by atoms with van der Waals surface area (Å²) in [6.07, 6.45) is 11.6. The first-order valence-electron chi connectivity index (χ1n) is 15.4. The highest BCUT2D eigenvalue weighted by molar-refractivity contribution is 7.15. The van der Waals surface area contributed by atoms with E-state index in [4.69, 9.17) is 8.39 Å². The van der Waals surface area contributed by atoms with Crippen LogP contribution < -0.4 is 4.90 Å². The molecule has 0 N–H and O–H groups in total. The molecular weight excluding hydrogens is 521 g/mol. The molecule has 0 bridgehead atoms. The van der Waals surface area contributed by atoms with Gasteiger partial charge >= 0.3 is 0 Å². The van der Waals surface area contributed by atoms with Gasteiger partial charge in [0.2, 0.25) is 8.67 Å². The Balaban J connectivity index is 1.42. The van der Waals surface area contributed by atoms with Crippen molar-refractivity contribution < 1.29 is 8.39 Å². The number of fused-ring (bicyclic) bond motifs is 8. The molecule has 2 atom stereocenters. The molecule has 2 aliphatic carbocycles. The smallest absolute Gasteiger partial charge is 0.201 e. The monoisotopic (exact) mass is 557 g/mol. The van der Waals surface area contributed by atoms with Gasteiger partial charge in [0.15, 0.2) is 0 Å². The topological polar surface area (TPSA) is 29.5 Å². The van der Waals surface area contributed by atoms with Crippen LogP contribution in [0, 0.1) is 0 Å². The molecule has 3 nitrogen and oxygen atoms in total. The molecule has 0 amide bonds. The molecule has 8 rings (SSSR count). The number of hydrogen-bond donors (Lipinski definition) is 0. The third-order valence-electron chi connectivity index (χ3n) is 9.63. The minimum atomic E-state index is -0.0609. The Morgan fingerprint density at radius 3 is 2.17 bits per heavy atom. The highest BCUT2D eigenvalue weighted by atomic mass is 31.1. The van der Waals surface area contributed by atoms with Crippen molar-refractivity contribution in [2.75, 3.05) is 4.90 Å². The van der Waals surface area contributed by atoms with Crippen molar-refractivity contribution in [3.8, 4) is 0 Å². The summed E-state index contributed by atoms with van der Waals surface area (Å²) in [6.45, 7) is 0. The van der Waals surface area contributed by atoms with Gasteiger partial charge in [-0.1, -0.05) is 98.8 Å². The molecule has 1 saturated carbocycles. The van der Waals surface area contributed by atoms with Crippen LogP contribution in [-0.4, -0.2) is 6.04 Å². The summed E-state index contributed by atoms with van der Waals surface area (Å²) < 4.78 is 12.5. The minimum absolute atomic E-state index is 0.0609. The van der Waals surface area contributed by atoms with Crippen LogP contribution in [0.4, 0.5) is 5.69 Å². The summed E-state index contributed by atoms with van der Waals surface area (Å²) in [6, 6.07) is 34.5. The Bertz CT molecular complexity index is 1920. The van der Waals surface area contributed by atoms with Gasteiger partial charge in [-0.3, -0.25) is 0 Å². The number of aryl methyl sites for hydroxylation is 1. The normalized spacial score (nSPS) is 18.2. The largest absolute Gasteiger partial charge is 0.421 e. The van der Waals surface area contributed by atoms with Crippen molar-refractivity contribution in [2.24, 2.45) is 0 Å². The minimum Gasteiger partial charge on any atom is -0.421 e. The average molecular weight is 558 g/mol. The fraction of sp³-hybridized carbons (Fsp3) is 0.297. The number of hydrogen-bond acceptors (Lipinski definition) is 3. The van der Waals surface area contributed by atoms with Gasteiger partial charge in [-0.05, 0) is 77.2 Å². The third kappa shape index (κ3) is 4.34. The van der Waals surface area contributed by atoms with E-state index in [1.807, 2.05) is 0 Å². The molecule has 206 valence electrons. The first kappa shape index (κ1) is 25.1. The lowest BCUT2D eigenvalue weighted by molar-refractivity contribution is 0.403. The van der Waals surface area contributed by atoms with Gasteiger partial charge in [0.25, 0.3) is 0 Å². The van der Waals surface area contributed by atoms with Crippen molar-refractivity contribution in [2.45, 2.75) is 69.9 Å². The van der Waals surface area contributed by atoms with Crippen LogP contribution in [0.25, 0.3) is 43.5 Å². The Morgan fingerprint density at radius 2 is 1.29 bits per heavy atom. The van der Waals surface area contributed by atoms with Crippen LogP contribution in [0.3, 0.4) is 0 Å². The second-order valence-electron chi connectivity index (χ2n) is 11.9. The van der Waals surface area contributed by atoms with Crippen molar-refractivity contribution in [1.82, 2.24) is 0 Å². The zero-order valence-corrected chi connectivity index (χ0v) is 24.4. The summed E-state index contributed by atoms with van der Waals surface area (Å²) in [5.74, 6) is 0. The summed E-state index contributed by atoms with van der Waals surface area (Å²) >= 11 is 0. The number of benzene rings is 5. The lowest BCUT2D eigenvalue weighted by Crippen LogP contribution is -2.38. The maximum absolute atomic E-state index is 6.27. The Kier molecular flexibility index (Phi) is 6.49. The summed E-state index contributed by atoms with van der Waals surface area (Å²) in [5.41, 5.74) is 6.23. The van der Waals surface area contributed by atoms with Gasteiger partial charge in [0, 0.05) is 27.9 Å². The van der Waals surface area contributed by atoms with E-state index in [0.29, 0.717) is 12.1 Å². The molecule has 1 aromatic heterocycles. The highest BCUT2D eigenvalue weighted by Gasteiger charge is 2.33. The third-order valence-corrected chi connectivity index (χ3v) is 10.2. The Labute approximate surface area is 242 Å². The number of anilines is 1. The molecule has 0 aliphatic heterocycles. The van der Waals surface area contributed by atoms with Gasteiger partial charge in [-0.2, -0.15) is 0 Å². The molecule has 6 aromatic rings. The van der Waals surface area contributed by atoms with E-state index in [0.717, 1.165) is 28.4 Å². The molecular formula is C37H36NO2P. The quantitative estimate of drug-likeness (QED) is 0.217. The summed E-state index contributed by atoms with van der Waals surface area (Å²) in [4.78, 5) is 2.85. The van der Waals surface area contributed by atoms with Crippen LogP contribution in [0.5, 0.6) is 0 Å². The lowest BCUT2D eigenvalue weighted by Gasteiger charge is -2.41. The van der Waals surface area contributed by atoms with E-state index < -0.39 is 0 Å². The van der Waals surface area contributed by atoms with Gasteiger partial charge in [0.1, 0.15) is 11.2 Å². The van der Waals surface area contributed by atoms with E-state index in [9.17, 15) is 0 Å². The van der Waals surface area contributed by atoms with E-state index in [1.165, 1.54) is 89.7 Å². The fourth-order valence-electron chi connectivity index (χ4n) is 7.75. The SMILES string of the molecule is c1ccc2c(c1)CC[C@@H]2N(c1cccc2c1ccc1o[pH]oc3ccc4ccccc4c3c12)C1CCCCCCC1. The highest BCUT2D eigenvalue weighted by Crippen LogP contribution is 2.46. The Hall–Kier alpha value is -3.68. The summed E-state index contributed by atoms with van der Waals surface area (Å²) in [5, 5.41) is 7.29. The van der Waals surface area contributed by atoms with Gasteiger partial charge in [0.05, 0.1) is 6.04 Å². The van der Waals surface area contributed by atoms with Crippen molar-refractivity contribution in [3.63, 3.8) is 0 Å². The second-order valence-corrected chi connectivity index (χ2v) is 12.5. The molecule has 0 spiro atoms. The van der Waals surface area contributed by atoms with Gasteiger partial charge < -0.3 is 13.3 Å². The van der Waals surface area contributed by atoms with Crippen LogP contribution in [-0.2, 0) is 6.42 Å². The molecule has 2 aliphatic rings. The number of rotatable bonds is 3. The molecule has 1 unspecified atom stereocenters. The maximum Gasteiger partial charge on any atom is 0.201 e. The number of nitrogens with zero attached hydrogens (tertiary/aromatic N) is 1. The predicted octanol–water partition coefficient (Wildman–Crippen LogP) is 11.2. The van der Waals surface area contributed by atoms with Crippen LogP contribution in [0.2, 0.25) is 0 Å². The molecule has 41 heavy (non-hydrogen) atoms. The lowest BCUT2D eigenvalue weighted by atomic mass is 9.91. The molecule has 0 radical (unpaired) electrons. The van der Waals surface area contributed by atoms with Crippen LogP contribution in [0.15, 0.2) is 99.4 Å². The Morgan fingerprint density at radius 1 is 0.585 bits per heavy atom.